The van der Waals surface area contributed by atoms with Gasteiger partial charge in [-0.1, -0.05) is 37.4 Å². The number of amides is 2. The molecule has 12 heteroatoms. The predicted octanol–water partition coefficient (Wildman–Crippen LogP) is 1.27. The van der Waals surface area contributed by atoms with Crippen LogP contribution in [-0.4, -0.2) is 72.2 Å². The lowest BCUT2D eigenvalue weighted by Crippen LogP contribution is -2.35. The third-order valence-electron chi connectivity index (χ3n) is 4.28. The van der Waals surface area contributed by atoms with Crippen molar-refractivity contribution >= 4 is 32.1 Å². The van der Waals surface area contributed by atoms with Gasteiger partial charge in [0.05, 0.1) is 11.5 Å². The Morgan fingerprint density at radius 1 is 0.812 bits per heavy atom. The summed E-state index contributed by atoms with van der Waals surface area (Å²) in [5.41, 5.74) is 1.62. The monoisotopic (exact) mass is 488 g/mol. The van der Waals surface area contributed by atoms with Gasteiger partial charge in [0, 0.05) is 37.3 Å². The van der Waals surface area contributed by atoms with Gasteiger partial charge < -0.3 is 9.80 Å². The van der Waals surface area contributed by atoms with Crippen molar-refractivity contribution in [3.63, 3.8) is 0 Å². The number of benzene rings is 1. The third-order valence-corrected chi connectivity index (χ3v) is 5.68. The van der Waals surface area contributed by atoms with Crippen LogP contribution in [0.3, 0.4) is 0 Å². The van der Waals surface area contributed by atoms with E-state index >= 15 is 0 Å². The Labute approximate surface area is 188 Å². The standard InChI is InChI=1S/C20H28N2O8S2/c1-15(2)19(23)21(8-10-31(25,26)27)13-17-6-5-7-18(12-17)14-22(20(24)16(3)4)9-11-32(28,29)30/h5-7,12H,1,3,8-11,13-14H2,2,4H3,(H,25,26,27)(H,28,29,30). The van der Waals surface area contributed by atoms with Crippen molar-refractivity contribution in [1.82, 2.24) is 9.80 Å². The summed E-state index contributed by atoms with van der Waals surface area (Å²) in [4.78, 5) is 27.2. The molecule has 0 saturated carbocycles. The summed E-state index contributed by atoms with van der Waals surface area (Å²) in [6, 6.07) is 6.73. The van der Waals surface area contributed by atoms with Gasteiger partial charge in [-0.3, -0.25) is 18.7 Å². The Hall–Kier alpha value is -2.54. The highest BCUT2D eigenvalue weighted by molar-refractivity contribution is 7.86. The maximum absolute atomic E-state index is 12.4. The molecule has 178 valence electrons. The van der Waals surface area contributed by atoms with Gasteiger partial charge >= 0.3 is 0 Å². The number of nitrogens with zero attached hydrogens (tertiary/aromatic N) is 2. The fraction of sp³-hybridized carbons (Fsp3) is 0.400. The molecule has 0 atom stereocenters. The largest absolute Gasteiger partial charge is 0.334 e. The van der Waals surface area contributed by atoms with Gasteiger partial charge in [0.2, 0.25) is 11.8 Å². The molecule has 10 nitrogen and oxygen atoms in total. The molecule has 0 aliphatic rings. The molecule has 0 spiro atoms. The number of carbonyl (C=O) groups excluding carboxylic acids is 2. The van der Waals surface area contributed by atoms with Crippen LogP contribution in [0.25, 0.3) is 0 Å². The van der Waals surface area contributed by atoms with Crippen LogP contribution in [0.4, 0.5) is 0 Å². The average Bonchev–Trinajstić information content (AvgIpc) is 2.66. The maximum atomic E-state index is 12.4. The van der Waals surface area contributed by atoms with Crippen molar-refractivity contribution in [2.45, 2.75) is 26.9 Å². The molecule has 2 amide bonds. The average molecular weight is 489 g/mol. The topological polar surface area (TPSA) is 149 Å². The molecule has 1 aromatic carbocycles. The van der Waals surface area contributed by atoms with Crippen LogP contribution in [0.2, 0.25) is 0 Å². The molecule has 0 saturated heterocycles. The second-order valence-electron chi connectivity index (χ2n) is 7.41. The first-order valence-electron chi connectivity index (χ1n) is 9.47. The maximum Gasteiger partial charge on any atom is 0.266 e. The smallest absolute Gasteiger partial charge is 0.266 e. The molecule has 0 unspecified atom stereocenters. The Bertz CT molecular complexity index is 1010. The van der Waals surface area contributed by atoms with Crippen LogP contribution < -0.4 is 0 Å². The molecule has 0 aliphatic heterocycles. The van der Waals surface area contributed by atoms with Crippen molar-refractivity contribution in [1.29, 1.82) is 0 Å². The lowest BCUT2D eigenvalue weighted by atomic mass is 10.1. The zero-order chi connectivity index (χ0) is 24.7. The minimum atomic E-state index is -4.28. The SMILES string of the molecule is C=C(C)C(=O)N(CCS(=O)(=O)O)Cc1cccc(CN(CCS(=O)(=O)O)C(=O)C(=C)C)c1. The summed E-state index contributed by atoms with van der Waals surface area (Å²) < 4.78 is 62.4. The molecule has 0 aromatic heterocycles. The summed E-state index contributed by atoms with van der Waals surface area (Å²) >= 11 is 0. The summed E-state index contributed by atoms with van der Waals surface area (Å²) in [5, 5.41) is 0. The highest BCUT2D eigenvalue weighted by Crippen LogP contribution is 2.14. The van der Waals surface area contributed by atoms with Gasteiger partial charge in [-0.25, -0.2) is 0 Å². The Balaban J connectivity index is 3.09. The Morgan fingerprint density at radius 3 is 1.44 bits per heavy atom. The Morgan fingerprint density at radius 2 is 1.16 bits per heavy atom. The quantitative estimate of drug-likeness (QED) is 0.330. The first kappa shape index (κ1) is 27.5. The van der Waals surface area contributed by atoms with E-state index in [0.717, 1.165) is 0 Å². The minimum absolute atomic E-state index is 0.0223. The molecule has 0 bridgehead atoms. The van der Waals surface area contributed by atoms with E-state index in [9.17, 15) is 26.4 Å². The van der Waals surface area contributed by atoms with Gasteiger partial charge in [0.1, 0.15) is 0 Å². The van der Waals surface area contributed by atoms with E-state index in [1.54, 1.807) is 24.3 Å². The van der Waals surface area contributed by atoms with Gasteiger partial charge in [0.15, 0.2) is 0 Å². The van der Waals surface area contributed by atoms with E-state index in [4.69, 9.17) is 9.11 Å². The zero-order valence-electron chi connectivity index (χ0n) is 18.0. The van der Waals surface area contributed by atoms with Crippen molar-refractivity contribution in [2.24, 2.45) is 0 Å². The molecule has 0 heterocycles. The first-order valence-corrected chi connectivity index (χ1v) is 12.7. The van der Waals surface area contributed by atoms with Crippen molar-refractivity contribution < 1.29 is 35.5 Å². The van der Waals surface area contributed by atoms with Gasteiger partial charge in [-0.15, -0.1) is 0 Å². The molecular weight excluding hydrogens is 460 g/mol. The highest BCUT2D eigenvalue weighted by atomic mass is 32.2. The van der Waals surface area contributed by atoms with E-state index in [2.05, 4.69) is 13.2 Å². The normalized spacial score (nSPS) is 11.6. The predicted molar refractivity (Wildman–Crippen MR) is 120 cm³/mol. The van der Waals surface area contributed by atoms with Crippen LogP contribution >= 0.6 is 0 Å². The van der Waals surface area contributed by atoms with Crippen LogP contribution in [0, 0.1) is 0 Å². The fourth-order valence-electron chi connectivity index (χ4n) is 2.76. The molecule has 0 aliphatic carbocycles. The lowest BCUT2D eigenvalue weighted by molar-refractivity contribution is -0.128. The highest BCUT2D eigenvalue weighted by Gasteiger charge is 2.20. The van der Waals surface area contributed by atoms with E-state index < -0.39 is 43.6 Å². The number of carbonyl (C=O) groups is 2. The van der Waals surface area contributed by atoms with Crippen LogP contribution in [0.1, 0.15) is 25.0 Å². The van der Waals surface area contributed by atoms with E-state index in [1.165, 1.54) is 23.6 Å². The number of hydrogen-bond donors (Lipinski definition) is 2. The van der Waals surface area contributed by atoms with Crippen LogP contribution in [0.5, 0.6) is 0 Å². The summed E-state index contributed by atoms with van der Waals surface area (Å²) in [5.74, 6) is -2.23. The van der Waals surface area contributed by atoms with Crippen molar-refractivity contribution in [3.05, 3.63) is 59.7 Å². The number of hydrogen-bond acceptors (Lipinski definition) is 6. The van der Waals surface area contributed by atoms with Crippen molar-refractivity contribution in [3.8, 4) is 0 Å². The molecule has 1 rings (SSSR count). The molecule has 1 aromatic rings. The van der Waals surface area contributed by atoms with E-state index in [-0.39, 0.29) is 37.3 Å². The van der Waals surface area contributed by atoms with Crippen LogP contribution in [-0.2, 0) is 42.9 Å². The molecule has 32 heavy (non-hydrogen) atoms. The summed E-state index contributed by atoms with van der Waals surface area (Å²) in [6.45, 7) is 9.65. The number of rotatable bonds is 12. The minimum Gasteiger partial charge on any atom is -0.334 e. The molecule has 2 N–H and O–H groups in total. The fourth-order valence-corrected chi connectivity index (χ4v) is 3.67. The third kappa shape index (κ3) is 10.2. The second-order valence-corrected chi connectivity index (χ2v) is 10.6. The molecule has 0 radical (unpaired) electrons. The lowest BCUT2D eigenvalue weighted by Gasteiger charge is -2.24. The van der Waals surface area contributed by atoms with Gasteiger partial charge in [-0.05, 0) is 25.0 Å². The molecule has 0 fully saturated rings. The van der Waals surface area contributed by atoms with E-state index in [1.807, 2.05) is 0 Å². The Kier molecular flexibility index (Phi) is 9.76. The summed E-state index contributed by atoms with van der Waals surface area (Å²) in [7, 11) is -8.55. The zero-order valence-corrected chi connectivity index (χ0v) is 19.7. The second kappa shape index (κ2) is 11.4. The summed E-state index contributed by atoms with van der Waals surface area (Å²) in [6.07, 6.45) is 0. The van der Waals surface area contributed by atoms with E-state index in [0.29, 0.717) is 11.1 Å². The first-order chi connectivity index (χ1) is 14.6. The van der Waals surface area contributed by atoms with Gasteiger partial charge in [-0.2, -0.15) is 16.8 Å². The molecular formula is C20H28N2O8S2. The van der Waals surface area contributed by atoms with Crippen LogP contribution in [0.15, 0.2) is 48.6 Å². The van der Waals surface area contributed by atoms with Crippen molar-refractivity contribution in [2.75, 3.05) is 24.6 Å². The van der Waals surface area contributed by atoms with Gasteiger partial charge in [0.25, 0.3) is 20.2 Å².